The normalized spacial score (nSPS) is 17.7. The lowest BCUT2D eigenvalue weighted by atomic mass is 9.81. The van der Waals surface area contributed by atoms with Crippen LogP contribution in [0.4, 0.5) is 5.69 Å². The van der Waals surface area contributed by atoms with Gasteiger partial charge in [-0.05, 0) is 25.5 Å². The number of anilines is 1. The van der Waals surface area contributed by atoms with Crippen molar-refractivity contribution in [2.24, 2.45) is 0 Å². The molecule has 1 aromatic rings. The van der Waals surface area contributed by atoms with Crippen LogP contribution in [0.5, 0.6) is 0 Å². The van der Waals surface area contributed by atoms with Gasteiger partial charge in [0.15, 0.2) is 0 Å². The van der Waals surface area contributed by atoms with Crippen molar-refractivity contribution >= 4 is 5.69 Å². The molecule has 0 bridgehead atoms. The molecule has 2 rings (SSSR count). The Bertz CT molecular complexity index is 424. The lowest BCUT2D eigenvalue weighted by molar-refractivity contribution is 0.486. The smallest absolute Gasteiger partial charge is 0.0381 e. The minimum absolute atomic E-state index is 0.265. The van der Waals surface area contributed by atoms with E-state index in [1.165, 1.54) is 16.8 Å². The van der Waals surface area contributed by atoms with Gasteiger partial charge >= 0.3 is 0 Å². The van der Waals surface area contributed by atoms with Crippen LogP contribution >= 0.6 is 0 Å². The van der Waals surface area contributed by atoms with Crippen LogP contribution in [-0.2, 0) is 5.41 Å². The number of terminal acetylenes is 1. The van der Waals surface area contributed by atoms with Crippen LogP contribution in [0.25, 0.3) is 0 Å². The molecule has 1 heteroatoms. The monoisotopic (exact) mass is 259 g/mol. The van der Waals surface area contributed by atoms with Crippen LogP contribution in [0.3, 0.4) is 0 Å². The van der Waals surface area contributed by atoms with Crippen LogP contribution < -0.4 is 5.32 Å². The summed E-state index contributed by atoms with van der Waals surface area (Å²) in [5, 5.41) is 3.51. The van der Waals surface area contributed by atoms with E-state index in [9.17, 15) is 0 Å². The van der Waals surface area contributed by atoms with Gasteiger partial charge < -0.3 is 5.32 Å². The molecule has 1 heterocycles. The standard InChI is InChI=1S/C12H17N.C4H6.C2H6/c1-8-5-6-11-10(7-8)12(3,4)9(2)13-11;1-3-4-2;1-2/h5-7,9,13H,1-4H3;1H,4H2,2H3;1-2H3. The van der Waals surface area contributed by atoms with Crippen LogP contribution in [0.1, 0.15) is 59.1 Å². The predicted octanol–water partition coefficient (Wildman–Crippen LogP) is 5.14. The van der Waals surface area contributed by atoms with Gasteiger partial charge in [0.2, 0.25) is 0 Å². The van der Waals surface area contributed by atoms with Gasteiger partial charge in [0, 0.05) is 23.6 Å². The fourth-order valence-electron chi connectivity index (χ4n) is 1.96. The van der Waals surface area contributed by atoms with Gasteiger partial charge in [-0.3, -0.25) is 0 Å². The second-order valence-electron chi connectivity index (χ2n) is 5.19. The van der Waals surface area contributed by atoms with E-state index in [0.717, 1.165) is 6.42 Å². The Kier molecular flexibility index (Phi) is 7.30. The molecule has 106 valence electrons. The summed E-state index contributed by atoms with van der Waals surface area (Å²) in [5.41, 5.74) is 4.38. The summed E-state index contributed by atoms with van der Waals surface area (Å²) in [4.78, 5) is 0. The summed E-state index contributed by atoms with van der Waals surface area (Å²) in [5.74, 6) is 2.43. The zero-order chi connectivity index (χ0) is 15.1. The van der Waals surface area contributed by atoms with Gasteiger partial charge in [-0.15, -0.1) is 12.3 Å². The molecule has 0 fully saturated rings. The van der Waals surface area contributed by atoms with Crippen LogP contribution in [0.15, 0.2) is 18.2 Å². The molecule has 19 heavy (non-hydrogen) atoms. The molecule has 1 unspecified atom stereocenters. The summed E-state index contributed by atoms with van der Waals surface area (Å²) in [6, 6.07) is 7.19. The molecular weight excluding hydrogens is 230 g/mol. The summed E-state index contributed by atoms with van der Waals surface area (Å²) in [6.07, 6.45) is 5.62. The number of hydrogen-bond donors (Lipinski definition) is 1. The summed E-state index contributed by atoms with van der Waals surface area (Å²) in [7, 11) is 0. The van der Waals surface area contributed by atoms with Crippen molar-refractivity contribution in [1.29, 1.82) is 0 Å². The van der Waals surface area contributed by atoms with E-state index in [4.69, 9.17) is 6.42 Å². The minimum atomic E-state index is 0.265. The van der Waals surface area contributed by atoms with Gasteiger partial charge in [-0.25, -0.2) is 0 Å². The second-order valence-corrected chi connectivity index (χ2v) is 5.19. The molecular formula is C18H29N. The predicted molar refractivity (Wildman–Crippen MR) is 87.8 cm³/mol. The van der Waals surface area contributed by atoms with E-state index in [0.29, 0.717) is 6.04 Å². The number of rotatable bonds is 0. The average molecular weight is 259 g/mol. The van der Waals surface area contributed by atoms with E-state index < -0.39 is 0 Å². The molecule has 0 spiro atoms. The zero-order valence-corrected chi connectivity index (χ0v) is 13.6. The first-order valence-electron chi connectivity index (χ1n) is 7.24. The lowest BCUT2D eigenvalue weighted by Gasteiger charge is -2.24. The molecule has 1 aromatic carbocycles. The third-order valence-electron chi connectivity index (χ3n) is 3.53. The first kappa shape index (κ1) is 17.6. The Labute approximate surface area is 119 Å². The molecule has 1 aliphatic heterocycles. The first-order valence-corrected chi connectivity index (χ1v) is 7.24. The molecule has 0 radical (unpaired) electrons. The Morgan fingerprint density at radius 2 is 1.84 bits per heavy atom. The Hall–Kier alpha value is -1.42. The molecule has 0 saturated heterocycles. The molecule has 1 nitrogen and oxygen atoms in total. The zero-order valence-electron chi connectivity index (χ0n) is 13.6. The molecule has 1 aliphatic rings. The van der Waals surface area contributed by atoms with Crippen LogP contribution in [-0.4, -0.2) is 6.04 Å². The molecule has 0 saturated carbocycles. The maximum absolute atomic E-state index is 4.78. The average Bonchev–Trinajstić information content (AvgIpc) is 2.64. The highest BCUT2D eigenvalue weighted by Gasteiger charge is 2.35. The van der Waals surface area contributed by atoms with Gasteiger partial charge in [-0.2, -0.15) is 0 Å². The van der Waals surface area contributed by atoms with Gasteiger partial charge in [0.25, 0.3) is 0 Å². The highest BCUT2D eigenvalue weighted by Crippen LogP contribution is 2.40. The van der Waals surface area contributed by atoms with Gasteiger partial charge in [0.1, 0.15) is 0 Å². The van der Waals surface area contributed by atoms with Crippen molar-refractivity contribution in [2.45, 2.75) is 66.3 Å². The third kappa shape index (κ3) is 4.31. The SMILES string of the molecule is C#CCC.CC.Cc1ccc2c(c1)C(C)(C)C(C)N2. The molecule has 0 amide bonds. The van der Waals surface area contributed by atoms with E-state index in [1.54, 1.807) is 0 Å². The quantitative estimate of drug-likeness (QED) is 0.636. The van der Waals surface area contributed by atoms with E-state index in [1.807, 2.05) is 20.8 Å². The Balaban J connectivity index is 0.000000467. The maximum atomic E-state index is 4.78. The second kappa shape index (κ2) is 7.89. The van der Waals surface area contributed by atoms with Crippen LogP contribution in [0.2, 0.25) is 0 Å². The third-order valence-corrected chi connectivity index (χ3v) is 3.53. The topological polar surface area (TPSA) is 12.0 Å². The lowest BCUT2D eigenvalue weighted by Crippen LogP contribution is -2.29. The van der Waals surface area contributed by atoms with Gasteiger partial charge in [0.05, 0.1) is 0 Å². The summed E-state index contributed by atoms with van der Waals surface area (Å²) in [6.45, 7) is 14.9. The van der Waals surface area contributed by atoms with Crippen molar-refractivity contribution in [3.63, 3.8) is 0 Å². The number of hydrogen-bond acceptors (Lipinski definition) is 1. The number of fused-ring (bicyclic) bond motifs is 1. The van der Waals surface area contributed by atoms with Crippen molar-refractivity contribution in [2.75, 3.05) is 5.32 Å². The van der Waals surface area contributed by atoms with E-state index in [2.05, 4.69) is 57.1 Å². The highest BCUT2D eigenvalue weighted by atomic mass is 15.0. The molecule has 0 aromatic heterocycles. The fraction of sp³-hybridized carbons (Fsp3) is 0.556. The highest BCUT2D eigenvalue weighted by molar-refractivity contribution is 5.62. The van der Waals surface area contributed by atoms with E-state index >= 15 is 0 Å². The Morgan fingerprint density at radius 1 is 1.32 bits per heavy atom. The fourth-order valence-corrected chi connectivity index (χ4v) is 1.96. The summed E-state index contributed by atoms with van der Waals surface area (Å²) >= 11 is 0. The molecule has 1 N–H and O–H groups in total. The number of benzene rings is 1. The largest absolute Gasteiger partial charge is 0.381 e. The van der Waals surface area contributed by atoms with Crippen molar-refractivity contribution in [3.05, 3.63) is 29.3 Å². The number of aryl methyl sites for hydroxylation is 1. The molecule has 1 atom stereocenters. The van der Waals surface area contributed by atoms with Crippen LogP contribution in [0, 0.1) is 19.3 Å². The Morgan fingerprint density at radius 3 is 2.32 bits per heavy atom. The molecule has 0 aliphatic carbocycles. The first-order chi connectivity index (χ1) is 8.93. The van der Waals surface area contributed by atoms with E-state index in [-0.39, 0.29) is 5.41 Å². The maximum Gasteiger partial charge on any atom is 0.0381 e. The van der Waals surface area contributed by atoms with Gasteiger partial charge in [-0.1, -0.05) is 52.3 Å². The minimum Gasteiger partial charge on any atom is -0.381 e. The van der Waals surface area contributed by atoms with Crippen molar-refractivity contribution in [3.8, 4) is 12.3 Å². The van der Waals surface area contributed by atoms with Crippen molar-refractivity contribution < 1.29 is 0 Å². The van der Waals surface area contributed by atoms with Crippen molar-refractivity contribution in [1.82, 2.24) is 0 Å². The number of nitrogens with one attached hydrogen (secondary N) is 1. The summed E-state index contributed by atoms with van der Waals surface area (Å²) < 4.78 is 0.